The number of nitrogens with zero attached hydrogens (tertiary/aromatic N) is 2. The molecule has 2 atom stereocenters. The molecule has 0 spiro atoms. The van der Waals surface area contributed by atoms with Gasteiger partial charge in [0.05, 0.1) is 0 Å². The van der Waals surface area contributed by atoms with Gasteiger partial charge in [-0.3, -0.25) is 4.90 Å². The minimum atomic E-state index is 0.689. The van der Waals surface area contributed by atoms with E-state index in [1.807, 2.05) is 0 Å². The van der Waals surface area contributed by atoms with Crippen molar-refractivity contribution in [3.63, 3.8) is 0 Å². The van der Waals surface area contributed by atoms with Crippen LogP contribution in [0.5, 0.6) is 0 Å². The van der Waals surface area contributed by atoms with E-state index in [0.29, 0.717) is 6.04 Å². The van der Waals surface area contributed by atoms with Crippen LogP contribution in [0.4, 0.5) is 0 Å². The lowest BCUT2D eigenvalue weighted by atomic mass is 9.82. The summed E-state index contributed by atoms with van der Waals surface area (Å²) >= 11 is 0. The Bertz CT molecular complexity index is 278. The van der Waals surface area contributed by atoms with Crippen LogP contribution in [0.15, 0.2) is 0 Å². The predicted molar refractivity (Wildman–Crippen MR) is 80.4 cm³/mol. The van der Waals surface area contributed by atoms with E-state index in [-0.39, 0.29) is 0 Å². The number of nitrogens with one attached hydrogen (secondary N) is 1. The molecule has 0 aromatic heterocycles. The zero-order valence-corrected chi connectivity index (χ0v) is 12.8. The first kappa shape index (κ1) is 13.8. The molecule has 4 fully saturated rings. The molecule has 4 rings (SSSR count). The first-order chi connectivity index (χ1) is 9.24. The van der Waals surface area contributed by atoms with Crippen LogP contribution in [0.2, 0.25) is 0 Å². The van der Waals surface area contributed by atoms with E-state index in [2.05, 4.69) is 29.0 Å². The van der Waals surface area contributed by atoms with Crippen molar-refractivity contribution in [3.05, 3.63) is 0 Å². The molecule has 1 N–H and O–H groups in total. The summed E-state index contributed by atoms with van der Waals surface area (Å²) in [6.45, 7) is 11.3. The number of piperidine rings is 4. The lowest BCUT2D eigenvalue weighted by Crippen LogP contribution is -2.61. The van der Waals surface area contributed by atoms with Gasteiger partial charge in [-0.15, -0.1) is 0 Å². The van der Waals surface area contributed by atoms with Gasteiger partial charge in [-0.05, 0) is 65.1 Å². The quantitative estimate of drug-likeness (QED) is 0.838. The van der Waals surface area contributed by atoms with Gasteiger partial charge in [-0.25, -0.2) is 0 Å². The summed E-state index contributed by atoms with van der Waals surface area (Å²) in [6, 6.07) is 2.26. The molecule has 0 aliphatic carbocycles. The van der Waals surface area contributed by atoms with Crippen LogP contribution in [0.25, 0.3) is 0 Å². The van der Waals surface area contributed by atoms with E-state index < -0.39 is 0 Å². The Morgan fingerprint density at radius 2 is 1.95 bits per heavy atom. The third-order valence-corrected chi connectivity index (χ3v) is 5.55. The average Bonchev–Trinajstić information content (AvgIpc) is 2.47. The summed E-state index contributed by atoms with van der Waals surface area (Å²) in [6.07, 6.45) is 7.05. The Morgan fingerprint density at radius 3 is 2.47 bits per heavy atom. The SMILES string of the molecule is CC(C)N(CC1CCCCN1)C1CN2CCC1CC2. The lowest BCUT2D eigenvalue weighted by Gasteiger charge is -2.51. The third-order valence-electron chi connectivity index (χ3n) is 5.55. The van der Waals surface area contributed by atoms with Crippen molar-refractivity contribution in [1.82, 2.24) is 15.1 Å². The fourth-order valence-corrected chi connectivity index (χ4v) is 4.37. The van der Waals surface area contributed by atoms with Crippen LogP contribution in [-0.2, 0) is 0 Å². The van der Waals surface area contributed by atoms with Crippen LogP contribution in [0.1, 0.15) is 46.0 Å². The Hall–Kier alpha value is -0.120. The van der Waals surface area contributed by atoms with E-state index in [1.165, 1.54) is 64.8 Å². The first-order valence-corrected chi connectivity index (χ1v) is 8.45. The fourth-order valence-electron chi connectivity index (χ4n) is 4.37. The number of hydrogen-bond donors (Lipinski definition) is 1. The minimum absolute atomic E-state index is 0.689. The van der Waals surface area contributed by atoms with Crippen molar-refractivity contribution in [3.8, 4) is 0 Å². The number of rotatable bonds is 4. The van der Waals surface area contributed by atoms with Crippen molar-refractivity contribution in [1.29, 1.82) is 0 Å². The second kappa shape index (κ2) is 6.11. The van der Waals surface area contributed by atoms with Gasteiger partial charge in [0.2, 0.25) is 0 Å². The molecule has 4 aliphatic rings. The Morgan fingerprint density at radius 1 is 1.16 bits per heavy atom. The molecule has 0 aromatic rings. The fraction of sp³-hybridized carbons (Fsp3) is 1.00. The maximum absolute atomic E-state index is 3.73. The highest BCUT2D eigenvalue weighted by Gasteiger charge is 2.38. The second-order valence-corrected chi connectivity index (χ2v) is 7.14. The zero-order valence-electron chi connectivity index (χ0n) is 12.8. The van der Waals surface area contributed by atoms with Gasteiger partial charge in [0.15, 0.2) is 0 Å². The zero-order chi connectivity index (χ0) is 13.2. The summed E-state index contributed by atoms with van der Waals surface area (Å²) in [7, 11) is 0. The van der Waals surface area contributed by atoms with Crippen molar-refractivity contribution in [2.45, 2.75) is 64.1 Å². The van der Waals surface area contributed by atoms with Crippen molar-refractivity contribution < 1.29 is 0 Å². The van der Waals surface area contributed by atoms with Crippen LogP contribution in [-0.4, -0.2) is 60.6 Å². The Labute approximate surface area is 118 Å². The van der Waals surface area contributed by atoms with E-state index in [4.69, 9.17) is 0 Å². The number of fused-ring (bicyclic) bond motifs is 3. The molecule has 19 heavy (non-hydrogen) atoms. The topological polar surface area (TPSA) is 18.5 Å². The smallest absolute Gasteiger partial charge is 0.0255 e. The highest BCUT2D eigenvalue weighted by Crippen LogP contribution is 2.32. The van der Waals surface area contributed by atoms with Gasteiger partial charge in [-0.1, -0.05) is 6.42 Å². The second-order valence-electron chi connectivity index (χ2n) is 7.14. The van der Waals surface area contributed by atoms with Crippen molar-refractivity contribution >= 4 is 0 Å². The van der Waals surface area contributed by atoms with Crippen molar-refractivity contribution in [2.75, 3.05) is 32.7 Å². The third kappa shape index (κ3) is 3.14. The molecule has 4 heterocycles. The molecule has 0 radical (unpaired) electrons. The Kier molecular flexibility index (Phi) is 4.45. The van der Waals surface area contributed by atoms with Crippen LogP contribution < -0.4 is 5.32 Å². The summed E-state index contributed by atoms with van der Waals surface area (Å²) in [5, 5.41) is 3.73. The van der Waals surface area contributed by atoms with Crippen molar-refractivity contribution in [2.24, 2.45) is 5.92 Å². The largest absolute Gasteiger partial charge is 0.313 e. The molecule has 0 aromatic carbocycles. The monoisotopic (exact) mass is 265 g/mol. The molecule has 4 aliphatic heterocycles. The molecule has 3 nitrogen and oxygen atoms in total. The van der Waals surface area contributed by atoms with Gasteiger partial charge >= 0.3 is 0 Å². The molecule has 0 amide bonds. The Balaban J connectivity index is 1.63. The molecule has 110 valence electrons. The predicted octanol–water partition coefficient (Wildman–Crippen LogP) is 1.93. The molecule has 0 saturated carbocycles. The molecular formula is C16H31N3. The molecule has 3 heteroatoms. The molecular weight excluding hydrogens is 234 g/mol. The van der Waals surface area contributed by atoms with Crippen LogP contribution >= 0.6 is 0 Å². The van der Waals surface area contributed by atoms with E-state index in [0.717, 1.165) is 18.0 Å². The highest BCUT2D eigenvalue weighted by molar-refractivity contribution is 4.94. The van der Waals surface area contributed by atoms with E-state index >= 15 is 0 Å². The first-order valence-electron chi connectivity index (χ1n) is 8.45. The summed E-state index contributed by atoms with van der Waals surface area (Å²) < 4.78 is 0. The highest BCUT2D eigenvalue weighted by atomic mass is 15.3. The summed E-state index contributed by atoms with van der Waals surface area (Å²) in [4.78, 5) is 5.51. The van der Waals surface area contributed by atoms with Crippen LogP contribution in [0, 0.1) is 5.92 Å². The minimum Gasteiger partial charge on any atom is -0.313 e. The van der Waals surface area contributed by atoms with Crippen LogP contribution in [0.3, 0.4) is 0 Å². The van der Waals surface area contributed by atoms with Gasteiger partial charge < -0.3 is 10.2 Å². The molecule has 2 unspecified atom stereocenters. The van der Waals surface area contributed by atoms with Gasteiger partial charge in [0.1, 0.15) is 0 Å². The van der Waals surface area contributed by atoms with Gasteiger partial charge in [0, 0.05) is 31.2 Å². The summed E-state index contributed by atoms with van der Waals surface area (Å²) in [5.74, 6) is 0.969. The maximum atomic E-state index is 3.73. The van der Waals surface area contributed by atoms with E-state index in [9.17, 15) is 0 Å². The average molecular weight is 265 g/mol. The van der Waals surface area contributed by atoms with E-state index in [1.54, 1.807) is 0 Å². The maximum Gasteiger partial charge on any atom is 0.0255 e. The summed E-state index contributed by atoms with van der Waals surface area (Å²) in [5.41, 5.74) is 0. The standard InChI is InChI=1S/C16H31N3/c1-13(2)19(11-15-5-3-4-8-17-15)16-12-18-9-6-14(16)7-10-18/h13-17H,3-12H2,1-2H3. The lowest BCUT2D eigenvalue weighted by molar-refractivity contribution is -0.0136. The molecule has 4 saturated heterocycles. The molecule has 2 bridgehead atoms. The van der Waals surface area contributed by atoms with Gasteiger partial charge in [-0.2, -0.15) is 0 Å². The normalized spacial score (nSPS) is 39.2. The number of hydrogen-bond acceptors (Lipinski definition) is 3. The van der Waals surface area contributed by atoms with Gasteiger partial charge in [0.25, 0.3) is 0 Å².